The molecule has 1 aliphatic heterocycles. The van der Waals surface area contributed by atoms with E-state index in [4.69, 9.17) is 23.2 Å². The second-order valence-electron chi connectivity index (χ2n) is 8.80. The number of amides is 1. The van der Waals surface area contributed by atoms with Crippen molar-refractivity contribution in [2.45, 2.75) is 47.0 Å². The number of sulfone groups is 1. The number of carboxylic acids is 1. The highest BCUT2D eigenvalue weighted by Gasteiger charge is 2.57. The molecule has 1 heterocycles. The number of carbonyl (C=O) groups excluding carboxylic acids is 1. The third kappa shape index (κ3) is 5.14. The predicted molar refractivity (Wildman–Crippen MR) is 124 cm³/mol. The molecule has 194 valence electrons. The SMILES string of the molecule is O=C(O)[C@@H]1C[C@@H](S(=O)(=O)c2ccc(OCC(F)(F)F)cc2Cl)CN1C(=O)C1(c2ccc(Cl)cc2)CC1. The molecule has 2 aromatic carbocycles. The van der Waals surface area contributed by atoms with Crippen LogP contribution in [0, 0.1) is 0 Å². The molecular weight excluding hydrogens is 546 g/mol. The van der Waals surface area contributed by atoms with Crippen LogP contribution >= 0.6 is 23.2 Å². The van der Waals surface area contributed by atoms with Gasteiger partial charge in [-0.25, -0.2) is 13.2 Å². The molecule has 1 amide bonds. The van der Waals surface area contributed by atoms with Crippen molar-refractivity contribution in [3.8, 4) is 5.75 Å². The van der Waals surface area contributed by atoms with Crippen LogP contribution in [0.5, 0.6) is 5.75 Å². The number of hydrogen-bond acceptors (Lipinski definition) is 5. The fourth-order valence-electron chi connectivity index (χ4n) is 4.42. The number of benzene rings is 2. The molecule has 0 aromatic heterocycles. The summed E-state index contributed by atoms with van der Waals surface area (Å²) in [6.45, 7) is -1.94. The first-order valence-electron chi connectivity index (χ1n) is 10.8. The highest BCUT2D eigenvalue weighted by Crippen LogP contribution is 2.51. The van der Waals surface area contributed by atoms with Crippen LogP contribution in [0.15, 0.2) is 47.4 Å². The first-order chi connectivity index (χ1) is 16.7. The van der Waals surface area contributed by atoms with Gasteiger partial charge in [0.2, 0.25) is 5.91 Å². The summed E-state index contributed by atoms with van der Waals surface area (Å²) >= 11 is 12.0. The Hall–Kier alpha value is -2.50. The number of carbonyl (C=O) groups is 2. The van der Waals surface area contributed by atoms with Crippen molar-refractivity contribution in [1.82, 2.24) is 4.90 Å². The van der Waals surface area contributed by atoms with Gasteiger partial charge in [-0.2, -0.15) is 13.2 Å². The Morgan fingerprint density at radius 2 is 1.75 bits per heavy atom. The van der Waals surface area contributed by atoms with Gasteiger partial charge in [-0.15, -0.1) is 0 Å². The van der Waals surface area contributed by atoms with E-state index in [-0.39, 0.29) is 28.6 Å². The van der Waals surface area contributed by atoms with Gasteiger partial charge in [-0.3, -0.25) is 4.79 Å². The number of likely N-dealkylation sites (tertiary alicyclic amines) is 1. The van der Waals surface area contributed by atoms with E-state index in [0.717, 1.165) is 23.1 Å². The predicted octanol–water partition coefficient (Wildman–Crippen LogP) is 4.49. The highest BCUT2D eigenvalue weighted by atomic mass is 35.5. The van der Waals surface area contributed by atoms with Gasteiger partial charge in [-0.1, -0.05) is 35.3 Å². The number of carboxylic acid groups (broad SMARTS) is 1. The summed E-state index contributed by atoms with van der Waals surface area (Å²) in [6, 6.07) is 8.27. The maximum absolute atomic E-state index is 13.5. The summed E-state index contributed by atoms with van der Waals surface area (Å²) in [5.74, 6) is -2.09. The van der Waals surface area contributed by atoms with E-state index in [1.54, 1.807) is 24.3 Å². The van der Waals surface area contributed by atoms with Gasteiger partial charge < -0.3 is 14.7 Å². The molecule has 4 rings (SSSR count). The Labute approximate surface area is 214 Å². The fraction of sp³-hybridized carbons (Fsp3) is 0.391. The number of hydrogen-bond donors (Lipinski definition) is 1. The van der Waals surface area contributed by atoms with Gasteiger partial charge in [-0.05, 0) is 49.1 Å². The van der Waals surface area contributed by atoms with Gasteiger partial charge in [0.25, 0.3) is 0 Å². The van der Waals surface area contributed by atoms with Crippen molar-refractivity contribution in [2.75, 3.05) is 13.2 Å². The third-order valence-corrected chi connectivity index (χ3v) is 9.28. The van der Waals surface area contributed by atoms with E-state index in [1.165, 1.54) is 0 Å². The second kappa shape index (κ2) is 9.42. The normalized spacial score (nSPS) is 21.3. The molecule has 0 spiro atoms. The Kier molecular flexibility index (Phi) is 6.95. The number of ether oxygens (including phenoxy) is 1. The van der Waals surface area contributed by atoms with Crippen LogP contribution < -0.4 is 4.74 Å². The zero-order chi connectivity index (χ0) is 26.5. The average molecular weight is 566 g/mol. The molecule has 1 aliphatic carbocycles. The van der Waals surface area contributed by atoms with Gasteiger partial charge >= 0.3 is 12.1 Å². The van der Waals surface area contributed by atoms with Crippen molar-refractivity contribution < 1.29 is 41.0 Å². The molecule has 2 atom stereocenters. The molecule has 36 heavy (non-hydrogen) atoms. The highest BCUT2D eigenvalue weighted by molar-refractivity contribution is 7.92. The minimum Gasteiger partial charge on any atom is -0.484 e. The number of nitrogens with zero attached hydrogens (tertiary/aromatic N) is 1. The van der Waals surface area contributed by atoms with Gasteiger partial charge in [0.1, 0.15) is 11.8 Å². The largest absolute Gasteiger partial charge is 0.484 e. The lowest BCUT2D eigenvalue weighted by molar-refractivity contribution is -0.153. The van der Waals surface area contributed by atoms with Crippen LogP contribution in [0.4, 0.5) is 13.2 Å². The molecule has 1 saturated heterocycles. The lowest BCUT2D eigenvalue weighted by Crippen LogP contribution is -2.46. The maximum Gasteiger partial charge on any atom is 0.422 e. The summed E-state index contributed by atoms with van der Waals surface area (Å²) in [4.78, 5) is 26.2. The molecule has 1 N–H and O–H groups in total. The molecule has 0 bridgehead atoms. The van der Waals surface area contributed by atoms with Crippen LogP contribution in [0.25, 0.3) is 0 Å². The van der Waals surface area contributed by atoms with Gasteiger partial charge in [0.05, 0.1) is 20.6 Å². The molecule has 13 heteroatoms. The van der Waals surface area contributed by atoms with Crippen LogP contribution in [0.3, 0.4) is 0 Å². The summed E-state index contributed by atoms with van der Waals surface area (Å²) < 4.78 is 68.5. The molecule has 2 fully saturated rings. The van der Waals surface area contributed by atoms with Crippen LogP contribution in [0.2, 0.25) is 10.0 Å². The first kappa shape index (κ1) is 26.6. The van der Waals surface area contributed by atoms with Gasteiger partial charge in [0, 0.05) is 17.6 Å². The van der Waals surface area contributed by atoms with E-state index in [2.05, 4.69) is 4.74 Å². The van der Waals surface area contributed by atoms with Crippen molar-refractivity contribution in [3.05, 3.63) is 58.1 Å². The lowest BCUT2D eigenvalue weighted by Gasteiger charge is -2.27. The molecule has 0 unspecified atom stereocenters. The number of alkyl halides is 3. The quantitative estimate of drug-likeness (QED) is 0.530. The minimum atomic E-state index is -4.59. The Morgan fingerprint density at radius 1 is 1.11 bits per heavy atom. The van der Waals surface area contributed by atoms with Crippen molar-refractivity contribution in [1.29, 1.82) is 0 Å². The Morgan fingerprint density at radius 3 is 2.28 bits per heavy atom. The summed E-state index contributed by atoms with van der Waals surface area (Å²) in [7, 11) is -4.24. The van der Waals surface area contributed by atoms with Gasteiger partial charge in [0.15, 0.2) is 16.4 Å². The van der Waals surface area contributed by atoms with Crippen molar-refractivity contribution in [3.63, 3.8) is 0 Å². The zero-order valence-corrected chi connectivity index (χ0v) is 20.8. The summed E-state index contributed by atoms with van der Waals surface area (Å²) in [5, 5.41) is 8.59. The summed E-state index contributed by atoms with van der Waals surface area (Å²) in [6.07, 6.45) is -3.98. The maximum atomic E-state index is 13.5. The molecule has 2 aliphatic rings. The second-order valence-corrected chi connectivity index (χ2v) is 11.8. The summed E-state index contributed by atoms with van der Waals surface area (Å²) in [5.41, 5.74) is -0.267. The van der Waals surface area contributed by atoms with Crippen LogP contribution in [-0.4, -0.2) is 60.9 Å². The molecule has 1 saturated carbocycles. The minimum absolute atomic E-state index is 0.276. The van der Waals surface area contributed by atoms with E-state index < -0.39 is 51.2 Å². The third-order valence-electron chi connectivity index (χ3n) is 6.42. The zero-order valence-electron chi connectivity index (χ0n) is 18.5. The number of rotatable bonds is 7. The van der Waals surface area contributed by atoms with Crippen LogP contribution in [-0.2, 0) is 24.8 Å². The molecule has 2 aromatic rings. The Bertz CT molecular complexity index is 1300. The molecule has 7 nitrogen and oxygen atoms in total. The monoisotopic (exact) mass is 565 g/mol. The Balaban J connectivity index is 1.58. The topological polar surface area (TPSA) is 101 Å². The van der Waals surface area contributed by atoms with E-state index in [9.17, 15) is 36.3 Å². The standard InChI is InChI=1S/C23H20Cl2F3NO6S/c24-14-3-1-13(2-4-14)22(7-8-22)21(32)29-11-16(10-18(29)20(30)31)36(33,34)19-6-5-15(9-17(19)25)35-12-23(26,27)28/h1-6,9,16,18H,7-8,10-12H2,(H,30,31)/t16-,18+/m1/s1. The fourth-order valence-corrected chi connectivity index (χ4v) is 6.78. The number of aliphatic carboxylic acids is 1. The van der Waals surface area contributed by atoms with Crippen LogP contribution in [0.1, 0.15) is 24.8 Å². The van der Waals surface area contributed by atoms with Crippen molar-refractivity contribution in [2.24, 2.45) is 0 Å². The smallest absolute Gasteiger partial charge is 0.422 e. The lowest BCUT2D eigenvalue weighted by atomic mass is 9.94. The van der Waals surface area contributed by atoms with E-state index in [1.807, 2.05) is 0 Å². The first-order valence-corrected chi connectivity index (χ1v) is 13.1. The average Bonchev–Trinajstić information content (AvgIpc) is 3.47. The van der Waals surface area contributed by atoms with E-state index in [0.29, 0.717) is 23.4 Å². The van der Waals surface area contributed by atoms with Crippen molar-refractivity contribution >= 4 is 44.9 Å². The molecule has 0 radical (unpaired) electrons. The number of halogens is 5. The molecular formula is C23H20Cl2F3NO6S. The van der Waals surface area contributed by atoms with E-state index >= 15 is 0 Å².